The summed E-state index contributed by atoms with van der Waals surface area (Å²) in [5.74, 6) is 0.265. The molecule has 4 heteroatoms. The maximum Gasteiger partial charge on any atom is 0.128 e. The van der Waals surface area contributed by atoms with Crippen LogP contribution in [0.1, 0.15) is 12.8 Å². The van der Waals surface area contributed by atoms with Crippen molar-refractivity contribution in [2.45, 2.75) is 24.3 Å². The van der Waals surface area contributed by atoms with Crippen LogP contribution in [0.2, 0.25) is 0 Å². The molecule has 1 nitrogen and oxygen atoms in total. The molecule has 0 saturated heterocycles. The van der Waals surface area contributed by atoms with E-state index in [-0.39, 0.29) is 17.3 Å². The van der Waals surface area contributed by atoms with Crippen molar-refractivity contribution in [3.63, 3.8) is 0 Å². The van der Waals surface area contributed by atoms with E-state index >= 15 is 0 Å². The van der Waals surface area contributed by atoms with E-state index in [0.29, 0.717) is 10.2 Å². The minimum Gasteiger partial charge on any atom is -0.490 e. The highest BCUT2D eigenvalue weighted by Crippen LogP contribution is 2.31. The molecule has 1 aliphatic carbocycles. The Morgan fingerprint density at radius 2 is 2.07 bits per heavy atom. The zero-order chi connectivity index (χ0) is 10.1. The molecule has 0 aliphatic heterocycles. The summed E-state index contributed by atoms with van der Waals surface area (Å²) in [6, 6.07) is 4.54. The average Bonchev–Trinajstić information content (AvgIpc) is 1.99. The van der Waals surface area contributed by atoms with Crippen molar-refractivity contribution < 1.29 is 9.13 Å². The smallest absolute Gasteiger partial charge is 0.128 e. The molecule has 76 valence electrons. The standard InChI is InChI=1S/C10H9BrClFO/c11-6-1-8(13)5-9(2-6)14-10-3-7(12)4-10/h1-2,5,7,10H,3-4H2. The highest BCUT2D eigenvalue weighted by molar-refractivity contribution is 9.10. The van der Waals surface area contributed by atoms with Crippen LogP contribution in [-0.2, 0) is 0 Å². The van der Waals surface area contributed by atoms with Crippen molar-refractivity contribution in [1.82, 2.24) is 0 Å². The zero-order valence-electron chi connectivity index (χ0n) is 7.34. The Labute approximate surface area is 95.3 Å². The quantitative estimate of drug-likeness (QED) is 0.750. The van der Waals surface area contributed by atoms with Crippen LogP contribution in [0.25, 0.3) is 0 Å². The van der Waals surface area contributed by atoms with Crippen LogP contribution in [0.3, 0.4) is 0 Å². The molecule has 2 rings (SSSR count). The van der Waals surface area contributed by atoms with E-state index in [1.165, 1.54) is 12.1 Å². The Balaban J connectivity index is 2.02. The molecule has 1 aromatic carbocycles. The lowest BCUT2D eigenvalue weighted by Crippen LogP contribution is -2.34. The van der Waals surface area contributed by atoms with Gasteiger partial charge in [0.15, 0.2) is 0 Å². The van der Waals surface area contributed by atoms with Gasteiger partial charge in [-0.25, -0.2) is 4.39 Å². The molecule has 1 aromatic rings. The summed E-state index contributed by atoms with van der Waals surface area (Å²) in [6.07, 6.45) is 1.83. The Bertz CT molecular complexity index is 319. The minimum atomic E-state index is -0.295. The Kier molecular flexibility index (Phi) is 2.98. The largest absolute Gasteiger partial charge is 0.490 e. The molecule has 1 aliphatic rings. The lowest BCUT2D eigenvalue weighted by molar-refractivity contribution is 0.123. The van der Waals surface area contributed by atoms with E-state index in [1.807, 2.05) is 0 Å². The third-order valence-corrected chi connectivity index (χ3v) is 2.99. The Hall–Kier alpha value is -0.280. The first-order chi connectivity index (χ1) is 6.63. The van der Waals surface area contributed by atoms with Crippen LogP contribution >= 0.6 is 27.5 Å². The summed E-state index contributed by atoms with van der Waals surface area (Å²) in [5.41, 5.74) is 0. The Morgan fingerprint density at radius 1 is 1.36 bits per heavy atom. The van der Waals surface area contributed by atoms with Crippen LogP contribution in [0.5, 0.6) is 5.75 Å². The van der Waals surface area contributed by atoms with Gasteiger partial charge in [-0.2, -0.15) is 0 Å². The summed E-state index contributed by atoms with van der Waals surface area (Å²) in [4.78, 5) is 0. The van der Waals surface area contributed by atoms with E-state index in [0.717, 1.165) is 12.8 Å². The van der Waals surface area contributed by atoms with Crippen molar-refractivity contribution in [3.8, 4) is 5.75 Å². The van der Waals surface area contributed by atoms with Crippen molar-refractivity contribution in [1.29, 1.82) is 0 Å². The van der Waals surface area contributed by atoms with Gasteiger partial charge in [-0.05, 0) is 12.1 Å². The second kappa shape index (κ2) is 4.07. The fourth-order valence-electron chi connectivity index (χ4n) is 1.39. The molecule has 0 aromatic heterocycles. The molecule has 0 unspecified atom stereocenters. The van der Waals surface area contributed by atoms with Gasteiger partial charge < -0.3 is 4.74 Å². The zero-order valence-corrected chi connectivity index (χ0v) is 9.69. The van der Waals surface area contributed by atoms with Crippen molar-refractivity contribution in [2.75, 3.05) is 0 Å². The lowest BCUT2D eigenvalue weighted by Gasteiger charge is -2.31. The monoisotopic (exact) mass is 278 g/mol. The van der Waals surface area contributed by atoms with E-state index < -0.39 is 0 Å². The summed E-state index contributed by atoms with van der Waals surface area (Å²) < 4.78 is 19.2. The molecule has 1 fully saturated rings. The molecule has 0 amide bonds. The van der Waals surface area contributed by atoms with Gasteiger partial charge in [0.25, 0.3) is 0 Å². The molecule has 0 atom stereocenters. The maximum absolute atomic E-state index is 12.9. The van der Waals surface area contributed by atoms with Crippen LogP contribution < -0.4 is 4.74 Å². The second-order valence-electron chi connectivity index (χ2n) is 3.41. The van der Waals surface area contributed by atoms with Gasteiger partial charge in [-0.3, -0.25) is 0 Å². The van der Waals surface area contributed by atoms with Crippen molar-refractivity contribution in [2.24, 2.45) is 0 Å². The average molecular weight is 280 g/mol. The van der Waals surface area contributed by atoms with E-state index in [2.05, 4.69) is 15.9 Å². The van der Waals surface area contributed by atoms with Gasteiger partial charge in [0.2, 0.25) is 0 Å². The summed E-state index contributed by atoms with van der Waals surface area (Å²) in [7, 11) is 0. The summed E-state index contributed by atoms with van der Waals surface area (Å²) in [6.45, 7) is 0. The van der Waals surface area contributed by atoms with Crippen LogP contribution in [0.4, 0.5) is 4.39 Å². The van der Waals surface area contributed by atoms with E-state index in [4.69, 9.17) is 16.3 Å². The first-order valence-electron chi connectivity index (χ1n) is 4.40. The minimum absolute atomic E-state index is 0.145. The molecular weight excluding hydrogens is 270 g/mol. The number of hydrogen-bond acceptors (Lipinski definition) is 1. The normalized spacial score (nSPS) is 25.6. The van der Waals surface area contributed by atoms with Gasteiger partial charge >= 0.3 is 0 Å². The van der Waals surface area contributed by atoms with Gasteiger partial charge in [-0.15, -0.1) is 11.6 Å². The molecule has 0 radical (unpaired) electrons. The number of halogens is 3. The molecular formula is C10H9BrClFO. The van der Waals surface area contributed by atoms with Crippen molar-refractivity contribution >= 4 is 27.5 Å². The second-order valence-corrected chi connectivity index (χ2v) is 4.95. The molecule has 0 bridgehead atoms. The summed E-state index contributed by atoms with van der Waals surface area (Å²) in [5, 5.41) is 0.219. The number of rotatable bonds is 2. The fourth-order valence-corrected chi connectivity index (χ4v) is 2.23. The van der Waals surface area contributed by atoms with Gasteiger partial charge in [0.1, 0.15) is 17.7 Å². The third-order valence-electron chi connectivity index (χ3n) is 2.18. The first-order valence-corrected chi connectivity index (χ1v) is 5.63. The highest BCUT2D eigenvalue weighted by Gasteiger charge is 2.29. The SMILES string of the molecule is Fc1cc(Br)cc(OC2CC(Cl)C2)c1. The predicted molar refractivity (Wildman–Crippen MR) is 57.4 cm³/mol. The Morgan fingerprint density at radius 3 is 2.64 bits per heavy atom. The number of benzene rings is 1. The maximum atomic E-state index is 12.9. The molecule has 0 spiro atoms. The van der Waals surface area contributed by atoms with Gasteiger partial charge in [0, 0.05) is 28.8 Å². The van der Waals surface area contributed by atoms with E-state index in [9.17, 15) is 4.39 Å². The fraction of sp³-hybridized carbons (Fsp3) is 0.400. The third kappa shape index (κ3) is 2.39. The van der Waals surface area contributed by atoms with Gasteiger partial charge in [-0.1, -0.05) is 15.9 Å². The number of alkyl halides is 1. The summed E-state index contributed by atoms with van der Waals surface area (Å²) >= 11 is 9.02. The lowest BCUT2D eigenvalue weighted by atomic mass is 9.95. The molecule has 0 N–H and O–H groups in total. The van der Waals surface area contributed by atoms with Crippen molar-refractivity contribution in [3.05, 3.63) is 28.5 Å². The number of hydrogen-bond donors (Lipinski definition) is 0. The highest BCUT2D eigenvalue weighted by atomic mass is 79.9. The first kappa shape index (κ1) is 10.2. The topological polar surface area (TPSA) is 9.23 Å². The predicted octanol–water partition coefficient (Wildman–Crippen LogP) is 3.74. The van der Waals surface area contributed by atoms with Crippen LogP contribution in [0.15, 0.2) is 22.7 Å². The molecule has 1 saturated carbocycles. The van der Waals surface area contributed by atoms with E-state index in [1.54, 1.807) is 6.07 Å². The van der Waals surface area contributed by atoms with Gasteiger partial charge in [0.05, 0.1) is 0 Å². The van der Waals surface area contributed by atoms with Crippen LogP contribution in [-0.4, -0.2) is 11.5 Å². The number of ether oxygens (including phenoxy) is 1. The molecule has 14 heavy (non-hydrogen) atoms. The molecule has 0 heterocycles. The van der Waals surface area contributed by atoms with Crippen LogP contribution in [0, 0.1) is 5.82 Å².